The number of rotatable bonds is 8. The van der Waals surface area contributed by atoms with E-state index in [9.17, 15) is 9.59 Å². The van der Waals surface area contributed by atoms with Gasteiger partial charge in [0.15, 0.2) is 0 Å². The quantitative estimate of drug-likeness (QED) is 0.424. The Bertz CT molecular complexity index is 1320. The summed E-state index contributed by atoms with van der Waals surface area (Å²) in [7, 11) is 1.67. The van der Waals surface area contributed by atoms with Gasteiger partial charge in [0.25, 0.3) is 5.56 Å². The fourth-order valence-corrected chi connectivity index (χ4v) is 5.56. The predicted molar refractivity (Wildman–Crippen MR) is 146 cm³/mol. The summed E-state index contributed by atoms with van der Waals surface area (Å²) in [5, 5.41) is 0.757. The Morgan fingerprint density at radius 1 is 1.16 bits per heavy atom. The lowest BCUT2D eigenvalue weighted by Gasteiger charge is -2.37. The van der Waals surface area contributed by atoms with E-state index in [1.54, 1.807) is 37.6 Å². The topological polar surface area (TPSA) is 133 Å². The van der Waals surface area contributed by atoms with Gasteiger partial charge in [-0.05, 0) is 29.8 Å². The molecule has 0 radical (unpaired) electrons. The SMILES string of the molecule is Cn1c(N2CCN(CC(Cc3ccncc3)OC(N)=O)CC2)nc(N)c(Sc2cccc(Cl)c2Cl)c1=O. The molecule has 13 heteroatoms. The third-order valence-electron chi connectivity index (χ3n) is 5.99. The van der Waals surface area contributed by atoms with Crippen molar-refractivity contribution in [2.45, 2.75) is 22.3 Å². The zero-order valence-electron chi connectivity index (χ0n) is 20.1. The highest BCUT2D eigenvalue weighted by Gasteiger charge is 2.26. The van der Waals surface area contributed by atoms with Crippen LogP contribution in [-0.4, -0.2) is 64.4 Å². The van der Waals surface area contributed by atoms with Gasteiger partial charge in [0.05, 0.1) is 10.0 Å². The first-order valence-electron chi connectivity index (χ1n) is 11.5. The van der Waals surface area contributed by atoms with Gasteiger partial charge in [-0.25, -0.2) is 4.79 Å². The molecule has 1 saturated heterocycles. The van der Waals surface area contributed by atoms with Crippen LogP contribution in [0.4, 0.5) is 16.6 Å². The first-order chi connectivity index (χ1) is 17.7. The summed E-state index contributed by atoms with van der Waals surface area (Å²) in [6, 6.07) is 8.98. The van der Waals surface area contributed by atoms with Crippen LogP contribution in [0.3, 0.4) is 0 Å². The third-order valence-corrected chi connectivity index (χ3v) is 8.07. The van der Waals surface area contributed by atoms with Gasteiger partial charge >= 0.3 is 6.09 Å². The van der Waals surface area contributed by atoms with Crippen LogP contribution in [0, 0.1) is 0 Å². The van der Waals surface area contributed by atoms with Crippen molar-refractivity contribution in [2.75, 3.05) is 43.4 Å². The highest BCUT2D eigenvalue weighted by atomic mass is 35.5. The minimum atomic E-state index is -0.801. The Kier molecular flexibility index (Phi) is 8.80. The molecule has 1 amide bonds. The Balaban J connectivity index is 1.43. The zero-order valence-corrected chi connectivity index (χ0v) is 22.5. The third kappa shape index (κ3) is 6.67. The van der Waals surface area contributed by atoms with Gasteiger partial charge in [0.1, 0.15) is 16.8 Å². The number of aromatic nitrogens is 3. The van der Waals surface area contributed by atoms with Crippen molar-refractivity contribution in [3.63, 3.8) is 0 Å². The number of piperazine rings is 1. The van der Waals surface area contributed by atoms with Crippen molar-refractivity contribution in [1.82, 2.24) is 19.4 Å². The minimum Gasteiger partial charge on any atom is -0.445 e. The van der Waals surface area contributed by atoms with Crippen molar-refractivity contribution in [1.29, 1.82) is 0 Å². The number of nitrogens with two attached hydrogens (primary N) is 2. The van der Waals surface area contributed by atoms with Crippen LogP contribution in [0.1, 0.15) is 5.56 Å². The maximum absolute atomic E-state index is 13.2. The number of carbonyl (C=O) groups excluding carboxylic acids is 1. The fraction of sp³-hybridized carbons (Fsp3) is 0.333. The van der Waals surface area contributed by atoms with Gasteiger partial charge in [0.2, 0.25) is 5.95 Å². The maximum Gasteiger partial charge on any atom is 0.404 e. The van der Waals surface area contributed by atoms with E-state index >= 15 is 0 Å². The van der Waals surface area contributed by atoms with Crippen molar-refractivity contribution < 1.29 is 9.53 Å². The van der Waals surface area contributed by atoms with Crippen LogP contribution in [0.15, 0.2) is 57.3 Å². The number of halogens is 2. The molecule has 1 fully saturated rings. The van der Waals surface area contributed by atoms with Crippen molar-refractivity contribution in [2.24, 2.45) is 12.8 Å². The van der Waals surface area contributed by atoms with Crippen LogP contribution in [0.5, 0.6) is 0 Å². The van der Waals surface area contributed by atoms with Crippen molar-refractivity contribution >= 4 is 52.8 Å². The number of nitrogens with zero attached hydrogens (tertiary/aromatic N) is 5. The van der Waals surface area contributed by atoms with Crippen LogP contribution in [0.25, 0.3) is 0 Å². The molecule has 10 nitrogen and oxygen atoms in total. The monoisotopic (exact) mass is 563 g/mol. The van der Waals surface area contributed by atoms with Gasteiger partial charge in [-0.15, -0.1) is 0 Å². The molecule has 1 aromatic carbocycles. The van der Waals surface area contributed by atoms with Crippen LogP contribution < -0.4 is 21.9 Å². The number of benzene rings is 1. The van der Waals surface area contributed by atoms with Crippen molar-refractivity contribution in [3.8, 4) is 0 Å². The lowest BCUT2D eigenvalue weighted by atomic mass is 10.1. The lowest BCUT2D eigenvalue weighted by molar-refractivity contribution is 0.0745. The lowest BCUT2D eigenvalue weighted by Crippen LogP contribution is -2.51. The molecule has 37 heavy (non-hydrogen) atoms. The Morgan fingerprint density at radius 3 is 2.54 bits per heavy atom. The normalized spacial score (nSPS) is 14.9. The molecule has 0 saturated carbocycles. The molecule has 0 aliphatic carbocycles. The number of hydrogen-bond acceptors (Lipinski definition) is 9. The molecule has 1 aliphatic rings. The van der Waals surface area contributed by atoms with Gasteiger partial charge in [-0.2, -0.15) is 4.98 Å². The highest BCUT2D eigenvalue weighted by Crippen LogP contribution is 2.37. The summed E-state index contributed by atoms with van der Waals surface area (Å²) < 4.78 is 6.86. The Labute approximate surface area is 228 Å². The number of nitrogen functional groups attached to an aromatic ring is 1. The molecule has 196 valence electrons. The average molecular weight is 564 g/mol. The highest BCUT2D eigenvalue weighted by molar-refractivity contribution is 7.99. The van der Waals surface area contributed by atoms with E-state index in [2.05, 4.69) is 14.9 Å². The molecule has 1 unspecified atom stereocenters. The summed E-state index contributed by atoms with van der Waals surface area (Å²) in [5.74, 6) is 0.624. The Morgan fingerprint density at radius 2 is 1.86 bits per heavy atom. The van der Waals surface area contributed by atoms with Crippen LogP contribution in [0.2, 0.25) is 10.0 Å². The fourth-order valence-electron chi connectivity index (χ4n) is 4.15. The second-order valence-corrected chi connectivity index (χ2v) is 10.4. The number of pyridine rings is 1. The summed E-state index contributed by atoms with van der Waals surface area (Å²) in [6.45, 7) is 3.12. The number of anilines is 2. The average Bonchev–Trinajstić information content (AvgIpc) is 2.87. The van der Waals surface area contributed by atoms with E-state index in [1.165, 1.54) is 4.57 Å². The molecular formula is C24H27Cl2N7O3S. The summed E-state index contributed by atoms with van der Waals surface area (Å²) in [4.78, 5) is 38.3. The Hall–Kier alpha value is -2.99. The molecule has 3 heterocycles. The molecule has 2 aromatic heterocycles. The second kappa shape index (κ2) is 12.0. The summed E-state index contributed by atoms with van der Waals surface area (Å²) >= 11 is 13.5. The van der Waals surface area contributed by atoms with Gasteiger partial charge in [-0.3, -0.25) is 19.2 Å². The van der Waals surface area contributed by atoms with E-state index in [4.69, 9.17) is 39.4 Å². The molecule has 3 aromatic rings. The zero-order chi connectivity index (χ0) is 26.5. The van der Waals surface area contributed by atoms with Crippen LogP contribution in [-0.2, 0) is 18.2 Å². The predicted octanol–water partition coefficient (Wildman–Crippen LogP) is 3.04. The number of amides is 1. The smallest absolute Gasteiger partial charge is 0.404 e. The van der Waals surface area contributed by atoms with Crippen LogP contribution >= 0.6 is 35.0 Å². The molecule has 1 atom stereocenters. The van der Waals surface area contributed by atoms with E-state index in [0.29, 0.717) is 60.0 Å². The molecular weight excluding hydrogens is 537 g/mol. The minimum absolute atomic E-state index is 0.133. The van der Waals surface area contributed by atoms with E-state index in [-0.39, 0.29) is 22.4 Å². The molecule has 4 N–H and O–H groups in total. The standard InChI is InChI=1S/C24H27Cl2N7O3S/c1-31-22(34)20(37-18-4-2-3-17(25)19(18)26)21(27)30-24(31)33-11-9-32(10-12-33)14-16(36-23(28)35)13-15-5-7-29-8-6-15/h2-8,16H,9-14,27H2,1H3,(H2,28,35). The second-order valence-electron chi connectivity index (χ2n) is 8.55. The molecule has 0 bridgehead atoms. The summed E-state index contributed by atoms with van der Waals surface area (Å²) in [5.41, 5.74) is 12.3. The van der Waals surface area contributed by atoms with E-state index in [0.717, 1.165) is 17.3 Å². The molecule has 1 aliphatic heterocycles. The first-order valence-corrected chi connectivity index (χ1v) is 13.1. The largest absolute Gasteiger partial charge is 0.445 e. The van der Waals surface area contributed by atoms with E-state index < -0.39 is 6.09 Å². The molecule has 4 rings (SSSR count). The first kappa shape index (κ1) is 27.1. The molecule has 0 spiro atoms. The number of primary amides is 1. The number of carbonyl (C=O) groups is 1. The number of ether oxygens (including phenoxy) is 1. The summed E-state index contributed by atoms with van der Waals surface area (Å²) in [6.07, 6.45) is 2.74. The van der Waals surface area contributed by atoms with Gasteiger partial charge < -0.3 is 21.1 Å². The van der Waals surface area contributed by atoms with Gasteiger partial charge in [-0.1, -0.05) is 41.0 Å². The maximum atomic E-state index is 13.2. The van der Waals surface area contributed by atoms with E-state index in [1.807, 2.05) is 17.0 Å². The van der Waals surface area contributed by atoms with Gasteiger partial charge in [0, 0.05) is 63.5 Å². The number of hydrogen-bond donors (Lipinski definition) is 2. The van der Waals surface area contributed by atoms with Crippen molar-refractivity contribution in [3.05, 3.63) is 68.7 Å².